The van der Waals surface area contributed by atoms with E-state index in [2.05, 4.69) is 5.32 Å². The first-order valence-corrected chi connectivity index (χ1v) is 11.5. The summed E-state index contributed by atoms with van der Waals surface area (Å²) in [6.07, 6.45) is 0.602. The number of hydrogen-bond donors (Lipinski definition) is 2. The van der Waals surface area contributed by atoms with E-state index in [-0.39, 0.29) is 45.3 Å². The number of amides is 1. The van der Waals surface area contributed by atoms with Crippen LogP contribution in [0.15, 0.2) is 35.2 Å². The van der Waals surface area contributed by atoms with Gasteiger partial charge in [-0.2, -0.15) is 4.31 Å². The molecule has 2 aromatic carbocycles. The number of piperidine rings is 1. The molecular formula is C19H20Cl2N4O5S. The highest BCUT2D eigenvalue weighted by atomic mass is 35.5. The summed E-state index contributed by atoms with van der Waals surface area (Å²) in [4.78, 5) is 22.9. The molecule has 1 amide bonds. The molecule has 166 valence electrons. The molecule has 1 aliphatic heterocycles. The van der Waals surface area contributed by atoms with Crippen molar-refractivity contribution < 1.29 is 18.1 Å². The van der Waals surface area contributed by atoms with E-state index in [0.29, 0.717) is 24.1 Å². The lowest BCUT2D eigenvalue weighted by atomic mass is 9.97. The number of halogens is 2. The van der Waals surface area contributed by atoms with Gasteiger partial charge in [-0.15, -0.1) is 0 Å². The number of nitrogens with one attached hydrogen (secondary N) is 1. The van der Waals surface area contributed by atoms with Crippen molar-refractivity contribution >= 4 is 56.2 Å². The molecule has 1 heterocycles. The zero-order valence-corrected chi connectivity index (χ0v) is 18.8. The molecule has 3 rings (SSSR count). The van der Waals surface area contributed by atoms with Crippen molar-refractivity contribution in [2.75, 3.05) is 24.1 Å². The molecule has 0 atom stereocenters. The molecule has 1 fully saturated rings. The Balaban J connectivity index is 1.69. The topological polar surface area (TPSA) is 136 Å². The van der Waals surface area contributed by atoms with Gasteiger partial charge in [-0.05, 0) is 37.5 Å². The maximum absolute atomic E-state index is 13.0. The number of aryl methyl sites for hydroxylation is 1. The van der Waals surface area contributed by atoms with Crippen molar-refractivity contribution in [3.63, 3.8) is 0 Å². The van der Waals surface area contributed by atoms with Crippen molar-refractivity contribution in [2.24, 2.45) is 5.92 Å². The summed E-state index contributed by atoms with van der Waals surface area (Å²) >= 11 is 12.0. The van der Waals surface area contributed by atoms with Gasteiger partial charge in [0, 0.05) is 36.8 Å². The van der Waals surface area contributed by atoms with Crippen LogP contribution in [-0.2, 0) is 14.8 Å². The maximum atomic E-state index is 13.0. The number of anilines is 2. The fraction of sp³-hybridized carbons (Fsp3) is 0.316. The van der Waals surface area contributed by atoms with Crippen LogP contribution >= 0.6 is 23.2 Å². The molecule has 0 unspecified atom stereocenters. The Morgan fingerprint density at radius 3 is 2.32 bits per heavy atom. The van der Waals surface area contributed by atoms with Crippen molar-refractivity contribution in [3.8, 4) is 0 Å². The highest BCUT2D eigenvalue weighted by Gasteiger charge is 2.33. The molecule has 0 aromatic heterocycles. The summed E-state index contributed by atoms with van der Waals surface area (Å²) in [6.45, 7) is 1.82. The smallest absolute Gasteiger partial charge is 0.270 e. The third-order valence-corrected chi connectivity index (χ3v) is 7.84. The van der Waals surface area contributed by atoms with Gasteiger partial charge in [-0.3, -0.25) is 14.9 Å². The van der Waals surface area contributed by atoms with E-state index in [1.165, 1.54) is 28.6 Å². The molecule has 1 saturated heterocycles. The molecule has 2 aromatic rings. The Labute approximate surface area is 189 Å². The maximum Gasteiger partial charge on any atom is 0.270 e. The van der Waals surface area contributed by atoms with Crippen LogP contribution in [0, 0.1) is 23.0 Å². The number of nitrogens with zero attached hydrogens (tertiary/aromatic N) is 2. The van der Waals surface area contributed by atoms with Crippen molar-refractivity contribution in [1.29, 1.82) is 0 Å². The van der Waals surface area contributed by atoms with Gasteiger partial charge in [-0.1, -0.05) is 29.3 Å². The second-order valence-corrected chi connectivity index (χ2v) is 9.95. The van der Waals surface area contributed by atoms with Crippen LogP contribution < -0.4 is 11.1 Å². The first kappa shape index (κ1) is 23.3. The van der Waals surface area contributed by atoms with Crippen molar-refractivity contribution in [3.05, 3.63) is 56.1 Å². The van der Waals surface area contributed by atoms with Crippen LogP contribution in [0.25, 0.3) is 0 Å². The molecular weight excluding hydrogens is 467 g/mol. The number of hydrogen-bond acceptors (Lipinski definition) is 6. The molecule has 12 heteroatoms. The average molecular weight is 487 g/mol. The molecule has 31 heavy (non-hydrogen) atoms. The van der Waals surface area contributed by atoms with E-state index in [1.54, 1.807) is 6.92 Å². The van der Waals surface area contributed by atoms with Gasteiger partial charge < -0.3 is 11.1 Å². The number of rotatable bonds is 5. The number of carbonyl (C=O) groups excluding carboxylic acids is 1. The highest BCUT2D eigenvalue weighted by Crippen LogP contribution is 2.32. The van der Waals surface area contributed by atoms with Crippen LogP contribution in [0.2, 0.25) is 10.0 Å². The zero-order chi connectivity index (χ0) is 22.9. The van der Waals surface area contributed by atoms with Crippen LogP contribution in [0.1, 0.15) is 18.4 Å². The summed E-state index contributed by atoms with van der Waals surface area (Å²) in [5.41, 5.74) is 6.43. The second-order valence-electron chi connectivity index (χ2n) is 7.23. The van der Waals surface area contributed by atoms with Crippen molar-refractivity contribution in [2.45, 2.75) is 24.7 Å². The summed E-state index contributed by atoms with van der Waals surface area (Å²) in [5, 5.41) is 14.2. The molecule has 0 spiro atoms. The number of sulfonamides is 1. The van der Waals surface area contributed by atoms with Gasteiger partial charge in [-0.25, -0.2) is 8.42 Å². The van der Waals surface area contributed by atoms with Gasteiger partial charge >= 0.3 is 0 Å². The summed E-state index contributed by atoms with van der Waals surface area (Å²) in [7, 11) is -3.92. The van der Waals surface area contributed by atoms with E-state index < -0.39 is 20.9 Å². The van der Waals surface area contributed by atoms with Gasteiger partial charge in [0.1, 0.15) is 0 Å². The minimum Gasteiger partial charge on any atom is -0.396 e. The number of nitrogen functional groups attached to an aromatic ring is 1. The Morgan fingerprint density at radius 2 is 1.77 bits per heavy atom. The Bertz CT molecular complexity index is 1120. The largest absolute Gasteiger partial charge is 0.396 e. The second kappa shape index (κ2) is 8.99. The fourth-order valence-electron chi connectivity index (χ4n) is 3.38. The molecule has 0 radical (unpaired) electrons. The van der Waals surface area contributed by atoms with Crippen LogP contribution in [0.5, 0.6) is 0 Å². The standard InChI is InChI=1S/C19H20Cl2N4O5S/c1-11-2-3-14(25(27)28)10-17(11)31(29,30)24-6-4-12(5-7-24)19(26)23-13-8-15(20)18(22)16(21)9-13/h2-3,8-10,12H,4-7,22H2,1H3,(H,23,26). The van der Waals surface area contributed by atoms with E-state index >= 15 is 0 Å². The lowest BCUT2D eigenvalue weighted by Crippen LogP contribution is -2.41. The number of carbonyl (C=O) groups is 1. The van der Waals surface area contributed by atoms with Gasteiger partial charge in [0.2, 0.25) is 15.9 Å². The van der Waals surface area contributed by atoms with E-state index in [9.17, 15) is 23.3 Å². The van der Waals surface area contributed by atoms with Crippen molar-refractivity contribution in [1.82, 2.24) is 4.31 Å². The lowest BCUT2D eigenvalue weighted by Gasteiger charge is -2.31. The predicted octanol–water partition coefficient (Wildman–Crippen LogP) is 3.83. The normalized spacial score (nSPS) is 15.6. The highest BCUT2D eigenvalue weighted by molar-refractivity contribution is 7.89. The summed E-state index contributed by atoms with van der Waals surface area (Å²) < 4.78 is 27.3. The zero-order valence-electron chi connectivity index (χ0n) is 16.5. The van der Waals surface area contributed by atoms with Gasteiger partial charge in [0.05, 0.1) is 25.6 Å². The number of nitrogens with two attached hydrogens (primary N) is 1. The Hall–Kier alpha value is -2.40. The minimum absolute atomic E-state index is 0.101. The third-order valence-electron chi connectivity index (χ3n) is 5.17. The van der Waals surface area contributed by atoms with Crippen LogP contribution in [0.4, 0.5) is 17.1 Å². The van der Waals surface area contributed by atoms with E-state index in [4.69, 9.17) is 28.9 Å². The first-order valence-electron chi connectivity index (χ1n) is 9.31. The lowest BCUT2D eigenvalue weighted by molar-refractivity contribution is -0.385. The molecule has 3 N–H and O–H groups in total. The number of nitro benzene ring substituents is 1. The Kier molecular flexibility index (Phi) is 6.75. The summed E-state index contributed by atoms with van der Waals surface area (Å²) in [6, 6.07) is 6.73. The minimum atomic E-state index is -3.92. The van der Waals surface area contributed by atoms with Crippen LogP contribution in [0.3, 0.4) is 0 Å². The summed E-state index contributed by atoms with van der Waals surface area (Å²) in [5.74, 6) is -0.687. The quantitative estimate of drug-likeness (QED) is 0.374. The molecule has 9 nitrogen and oxygen atoms in total. The average Bonchev–Trinajstić information content (AvgIpc) is 2.72. The number of benzene rings is 2. The Morgan fingerprint density at radius 1 is 1.19 bits per heavy atom. The molecule has 0 bridgehead atoms. The number of non-ortho nitro benzene ring substituents is 1. The predicted molar refractivity (Wildman–Crippen MR) is 119 cm³/mol. The third kappa shape index (κ3) is 4.93. The fourth-order valence-corrected chi connectivity index (χ4v) is 5.58. The first-order chi connectivity index (χ1) is 14.5. The van der Waals surface area contributed by atoms with E-state index in [0.717, 1.165) is 6.07 Å². The van der Waals surface area contributed by atoms with E-state index in [1.807, 2.05) is 0 Å². The molecule has 0 saturated carbocycles. The monoisotopic (exact) mass is 486 g/mol. The van der Waals surface area contributed by atoms with Gasteiger partial charge in [0.25, 0.3) is 5.69 Å². The SMILES string of the molecule is Cc1ccc([N+](=O)[O-])cc1S(=O)(=O)N1CCC(C(=O)Nc2cc(Cl)c(N)c(Cl)c2)CC1. The number of nitro groups is 1. The molecule has 0 aliphatic carbocycles. The molecule has 1 aliphatic rings. The van der Waals surface area contributed by atoms with Gasteiger partial charge in [0.15, 0.2) is 0 Å². The van der Waals surface area contributed by atoms with Crippen LogP contribution in [-0.4, -0.2) is 36.6 Å².